The first-order valence-corrected chi connectivity index (χ1v) is 7.20. The van der Waals surface area contributed by atoms with E-state index in [1.54, 1.807) is 48.5 Å². The van der Waals surface area contributed by atoms with Crippen molar-refractivity contribution in [2.45, 2.75) is 13.0 Å². The predicted octanol–water partition coefficient (Wildman–Crippen LogP) is 3.29. The fourth-order valence-corrected chi connectivity index (χ4v) is 2.27. The maximum Gasteiger partial charge on any atom is 0.221 e. The average molecular weight is 347 g/mol. The number of anilines is 1. The second kappa shape index (κ2) is 6.65. The molecule has 108 valence electrons. The number of para-hydroxylation sites is 1. The number of Topliss-reactive ketones (excluding diaryl/α,β-unsaturated/α-hetero) is 1. The Morgan fingerprint density at radius 3 is 2.33 bits per heavy atom. The molecule has 1 amide bonds. The van der Waals surface area contributed by atoms with Gasteiger partial charge in [-0.3, -0.25) is 9.59 Å². The van der Waals surface area contributed by atoms with Crippen LogP contribution in [0.3, 0.4) is 0 Å². The molecule has 5 heteroatoms. The fourth-order valence-electron chi connectivity index (χ4n) is 2.01. The number of nitrogens with two attached hydrogens (primary N) is 1. The summed E-state index contributed by atoms with van der Waals surface area (Å²) in [5, 5.41) is 2.69. The summed E-state index contributed by atoms with van der Waals surface area (Å²) in [5.74, 6) is -0.397. The van der Waals surface area contributed by atoms with Crippen LogP contribution in [0.15, 0.2) is 53.0 Å². The molecule has 3 N–H and O–H groups in total. The smallest absolute Gasteiger partial charge is 0.221 e. The summed E-state index contributed by atoms with van der Waals surface area (Å²) < 4.78 is 0.895. The summed E-state index contributed by atoms with van der Waals surface area (Å²) in [6.45, 7) is 1.42. The topological polar surface area (TPSA) is 72.2 Å². The second-order valence-electron chi connectivity index (χ2n) is 4.62. The largest absolute Gasteiger partial charge is 0.326 e. The molecule has 0 spiro atoms. The Balaban J connectivity index is 2.31. The number of benzene rings is 2. The lowest BCUT2D eigenvalue weighted by molar-refractivity contribution is -0.114. The van der Waals surface area contributed by atoms with E-state index in [0.717, 1.165) is 4.47 Å². The minimum atomic E-state index is -0.825. The van der Waals surface area contributed by atoms with Gasteiger partial charge in [-0.25, -0.2) is 0 Å². The number of rotatable bonds is 4. The molecule has 0 saturated heterocycles. The fraction of sp³-hybridized carbons (Fsp3) is 0.125. The SMILES string of the molecule is CC(=O)Nc1ccccc1C(N)C(=O)c1ccc(Br)cc1. The first-order valence-electron chi connectivity index (χ1n) is 6.41. The van der Waals surface area contributed by atoms with Crippen LogP contribution in [0.25, 0.3) is 0 Å². The Labute approximate surface area is 131 Å². The molecule has 0 radical (unpaired) electrons. The van der Waals surface area contributed by atoms with Gasteiger partial charge in [-0.2, -0.15) is 0 Å². The molecule has 2 aromatic rings. The molecule has 0 saturated carbocycles. The minimum absolute atomic E-state index is 0.194. The van der Waals surface area contributed by atoms with E-state index in [4.69, 9.17) is 5.73 Å². The predicted molar refractivity (Wildman–Crippen MR) is 86.1 cm³/mol. The molecule has 21 heavy (non-hydrogen) atoms. The molecule has 1 atom stereocenters. The number of nitrogens with one attached hydrogen (secondary N) is 1. The van der Waals surface area contributed by atoms with Crippen molar-refractivity contribution in [3.8, 4) is 0 Å². The highest BCUT2D eigenvalue weighted by Gasteiger charge is 2.20. The molecule has 4 nitrogen and oxygen atoms in total. The molecule has 2 aromatic carbocycles. The molecule has 0 aliphatic rings. The molecule has 0 aromatic heterocycles. The summed E-state index contributed by atoms with van der Waals surface area (Å²) in [6, 6.07) is 13.2. The van der Waals surface area contributed by atoms with Gasteiger partial charge in [-0.1, -0.05) is 46.3 Å². The summed E-state index contributed by atoms with van der Waals surface area (Å²) in [5.41, 5.74) is 7.76. The van der Waals surface area contributed by atoms with Crippen LogP contribution in [0.1, 0.15) is 28.9 Å². The quantitative estimate of drug-likeness (QED) is 0.834. The van der Waals surface area contributed by atoms with Crippen LogP contribution in [0.4, 0.5) is 5.69 Å². The van der Waals surface area contributed by atoms with E-state index >= 15 is 0 Å². The first kappa shape index (κ1) is 15.4. The second-order valence-corrected chi connectivity index (χ2v) is 5.53. The van der Waals surface area contributed by atoms with E-state index in [-0.39, 0.29) is 11.7 Å². The first-order chi connectivity index (χ1) is 9.99. The standard InChI is InChI=1S/C16H15BrN2O2/c1-10(20)19-14-5-3-2-4-13(14)15(18)16(21)11-6-8-12(17)9-7-11/h2-9,15H,18H2,1H3,(H,19,20). The van der Waals surface area contributed by atoms with E-state index < -0.39 is 6.04 Å². The van der Waals surface area contributed by atoms with Crippen molar-refractivity contribution in [2.75, 3.05) is 5.32 Å². The van der Waals surface area contributed by atoms with Gasteiger partial charge in [0.1, 0.15) is 0 Å². The number of carbonyl (C=O) groups is 2. The van der Waals surface area contributed by atoms with Crippen molar-refractivity contribution in [3.63, 3.8) is 0 Å². The Hall–Kier alpha value is -1.98. The van der Waals surface area contributed by atoms with Gasteiger partial charge >= 0.3 is 0 Å². The van der Waals surface area contributed by atoms with Gasteiger partial charge in [0.25, 0.3) is 0 Å². The molecule has 0 heterocycles. The van der Waals surface area contributed by atoms with E-state index in [1.807, 2.05) is 0 Å². The monoisotopic (exact) mass is 346 g/mol. The van der Waals surface area contributed by atoms with Crippen molar-refractivity contribution in [3.05, 3.63) is 64.1 Å². The van der Waals surface area contributed by atoms with Crippen LogP contribution in [-0.4, -0.2) is 11.7 Å². The summed E-state index contributed by atoms with van der Waals surface area (Å²) in [7, 11) is 0. The molecule has 0 aliphatic heterocycles. The zero-order valence-corrected chi connectivity index (χ0v) is 13.1. The van der Waals surface area contributed by atoms with Crippen molar-refractivity contribution in [1.29, 1.82) is 0 Å². The highest BCUT2D eigenvalue weighted by atomic mass is 79.9. The van der Waals surface area contributed by atoms with Crippen LogP contribution >= 0.6 is 15.9 Å². The van der Waals surface area contributed by atoms with E-state index in [9.17, 15) is 9.59 Å². The molecular formula is C16H15BrN2O2. The van der Waals surface area contributed by atoms with Gasteiger partial charge in [0.15, 0.2) is 5.78 Å². The average Bonchev–Trinajstić information content (AvgIpc) is 2.46. The zero-order chi connectivity index (χ0) is 15.4. The van der Waals surface area contributed by atoms with E-state index in [1.165, 1.54) is 6.92 Å². The lowest BCUT2D eigenvalue weighted by Gasteiger charge is -2.15. The molecule has 1 unspecified atom stereocenters. The Morgan fingerprint density at radius 2 is 1.71 bits per heavy atom. The summed E-state index contributed by atoms with van der Waals surface area (Å²) in [4.78, 5) is 23.7. The van der Waals surface area contributed by atoms with Gasteiger partial charge in [0.05, 0.1) is 6.04 Å². The minimum Gasteiger partial charge on any atom is -0.326 e. The van der Waals surface area contributed by atoms with E-state index in [0.29, 0.717) is 16.8 Å². The Bertz CT molecular complexity index is 668. The number of hydrogen-bond donors (Lipinski definition) is 2. The van der Waals surface area contributed by atoms with Crippen LogP contribution in [-0.2, 0) is 4.79 Å². The number of ketones is 1. The number of hydrogen-bond acceptors (Lipinski definition) is 3. The number of halogens is 1. The van der Waals surface area contributed by atoms with Crippen LogP contribution < -0.4 is 11.1 Å². The highest BCUT2D eigenvalue weighted by molar-refractivity contribution is 9.10. The van der Waals surface area contributed by atoms with Crippen LogP contribution in [0, 0.1) is 0 Å². The Kier molecular flexibility index (Phi) is 4.88. The van der Waals surface area contributed by atoms with Crippen molar-refractivity contribution in [1.82, 2.24) is 0 Å². The Morgan fingerprint density at radius 1 is 1.10 bits per heavy atom. The van der Waals surface area contributed by atoms with Crippen molar-refractivity contribution in [2.24, 2.45) is 5.73 Å². The molecule has 0 fully saturated rings. The normalized spacial score (nSPS) is 11.8. The zero-order valence-electron chi connectivity index (χ0n) is 11.5. The van der Waals surface area contributed by atoms with Crippen LogP contribution in [0.2, 0.25) is 0 Å². The maximum atomic E-state index is 12.4. The van der Waals surface area contributed by atoms with Gasteiger partial charge in [-0.15, -0.1) is 0 Å². The van der Waals surface area contributed by atoms with Gasteiger partial charge in [0, 0.05) is 28.2 Å². The lowest BCUT2D eigenvalue weighted by atomic mass is 9.97. The number of amides is 1. The molecular weight excluding hydrogens is 332 g/mol. The van der Waals surface area contributed by atoms with Gasteiger partial charge < -0.3 is 11.1 Å². The van der Waals surface area contributed by atoms with Gasteiger partial charge in [-0.05, 0) is 18.2 Å². The summed E-state index contributed by atoms with van der Waals surface area (Å²) in [6.07, 6.45) is 0. The molecule has 0 bridgehead atoms. The van der Waals surface area contributed by atoms with Gasteiger partial charge in [0.2, 0.25) is 5.91 Å². The maximum absolute atomic E-state index is 12.4. The van der Waals surface area contributed by atoms with Crippen molar-refractivity contribution >= 4 is 33.3 Å². The third-order valence-corrected chi connectivity index (χ3v) is 3.55. The third-order valence-electron chi connectivity index (χ3n) is 3.02. The number of carbonyl (C=O) groups excluding carboxylic acids is 2. The van der Waals surface area contributed by atoms with E-state index in [2.05, 4.69) is 21.2 Å². The highest BCUT2D eigenvalue weighted by Crippen LogP contribution is 2.24. The molecule has 2 rings (SSSR count). The van der Waals surface area contributed by atoms with Crippen molar-refractivity contribution < 1.29 is 9.59 Å². The third kappa shape index (κ3) is 3.77. The summed E-state index contributed by atoms with van der Waals surface area (Å²) >= 11 is 3.33. The van der Waals surface area contributed by atoms with Crippen LogP contribution in [0.5, 0.6) is 0 Å². The lowest BCUT2D eigenvalue weighted by Crippen LogP contribution is -2.23. The molecule has 0 aliphatic carbocycles.